The van der Waals surface area contributed by atoms with Gasteiger partial charge in [0.2, 0.25) is 0 Å². The first kappa shape index (κ1) is 15.9. The summed E-state index contributed by atoms with van der Waals surface area (Å²) in [5, 5.41) is 1.14. The van der Waals surface area contributed by atoms with E-state index in [0.29, 0.717) is 0 Å². The minimum Gasteiger partial charge on any atom is -0.497 e. The second-order valence-electron chi connectivity index (χ2n) is 6.60. The van der Waals surface area contributed by atoms with Crippen LogP contribution >= 0.6 is 0 Å². The molecule has 3 aromatic rings. The lowest BCUT2D eigenvalue weighted by molar-refractivity contribution is 0.415. The lowest BCUT2D eigenvalue weighted by atomic mass is 10.0. The van der Waals surface area contributed by atoms with Crippen molar-refractivity contribution in [1.29, 1.82) is 0 Å². The van der Waals surface area contributed by atoms with Crippen LogP contribution in [0.25, 0.3) is 22.0 Å². The number of hydrogen-bond donors (Lipinski definition) is 0. The van der Waals surface area contributed by atoms with Gasteiger partial charge in [0, 0.05) is 18.5 Å². The minimum atomic E-state index is 0.833. The first-order valence-corrected chi connectivity index (χ1v) is 8.92. The van der Waals surface area contributed by atoms with E-state index in [4.69, 9.17) is 9.72 Å². The number of aryl methyl sites for hydroxylation is 1. The van der Waals surface area contributed by atoms with E-state index >= 15 is 0 Å². The van der Waals surface area contributed by atoms with Crippen LogP contribution in [0.4, 0.5) is 5.82 Å². The molecular formula is C21H23N3O. The van der Waals surface area contributed by atoms with Gasteiger partial charge in [0.05, 0.1) is 12.6 Å². The van der Waals surface area contributed by atoms with Gasteiger partial charge in [-0.1, -0.05) is 18.2 Å². The molecule has 0 saturated carbocycles. The van der Waals surface area contributed by atoms with Gasteiger partial charge in [-0.15, -0.1) is 0 Å². The van der Waals surface area contributed by atoms with Crippen molar-refractivity contribution in [2.24, 2.45) is 0 Å². The van der Waals surface area contributed by atoms with Crippen molar-refractivity contribution in [1.82, 2.24) is 9.97 Å². The number of fused-ring (bicyclic) bond motifs is 1. The van der Waals surface area contributed by atoms with Gasteiger partial charge >= 0.3 is 0 Å². The molecule has 25 heavy (non-hydrogen) atoms. The Morgan fingerprint density at radius 2 is 1.60 bits per heavy atom. The van der Waals surface area contributed by atoms with Crippen molar-refractivity contribution in [3.63, 3.8) is 0 Å². The monoisotopic (exact) mass is 333 g/mol. The molecule has 2 heterocycles. The van der Waals surface area contributed by atoms with Crippen molar-refractivity contribution in [3.8, 4) is 16.9 Å². The number of nitrogens with zero attached hydrogens (tertiary/aromatic N) is 3. The van der Waals surface area contributed by atoms with E-state index in [0.717, 1.165) is 46.9 Å². The van der Waals surface area contributed by atoms with E-state index in [9.17, 15) is 0 Å². The summed E-state index contributed by atoms with van der Waals surface area (Å²) in [7, 11) is 1.69. The standard InChI is InChI=1S/C21H23N3O/c1-15-22-20-14-17(16-6-9-18(25-2)10-7-16)8-11-19(20)21(23-15)24-12-4-3-5-13-24/h6-11,14H,3-5,12-13H2,1-2H3. The number of hydrogen-bond acceptors (Lipinski definition) is 4. The number of ether oxygens (including phenoxy) is 1. The van der Waals surface area contributed by atoms with E-state index in [-0.39, 0.29) is 0 Å². The zero-order chi connectivity index (χ0) is 17.2. The van der Waals surface area contributed by atoms with Crippen LogP contribution in [0.3, 0.4) is 0 Å². The van der Waals surface area contributed by atoms with Crippen LogP contribution in [0.2, 0.25) is 0 Å². The Bertz CT molecular complexity index is 884. The average Bonchev–Trinajstić information content (AvgIpc) is 2.67. The molecule has 0 amide bonds. The van der Waals surface area contributed by atoms with Crippen LogP contribution in [0.15, 0.2) is 42.5 Å². The van der Waals surface area contributed by atoms with Gasteiger partial charge in [-0.05, 0) is 61.6 Å². The fraction of sp³-hybridized carbons (Fsp3) is 0.333. The Balaban J connectivity index is 1.77. The summed E-state index contributed by atoms with van der Waals surface area (Å²) in [5.41, 5.74) is 3.35. The van der Waals surface area contributed by atoms with Gasteiger partial charge in [0.1, 0.15) is 17.4 Å². The predicted octanol–water partition coefficient (Wildman–Crippen LogP) is 4.60. The molecule has 1 fully saturated rings. The SMILES string of the molecule is COc1ccc(-c2ccc3c(N4CCCCC4)nc(C)nc3c2)cc1. The molecule has 4 heteroatoms. The quantitative estimate of drug-likeness (QED) is 0.702. The maximum atomic E-state index is 5.25. The van der Waals surface area contributed by atoms with E-state index in [1.165, 1.54) is 24.8 Å². The molecule has 0 bridgehead atoms. The maximum Gasteiger partial charge on any atom is 0.140 e. The smallest absolute Gasteiger partial charge is 0.140 e. The molecule has 0 atom stereocenters. The summed E-state index contributed by atoms with van der Waals surface area (Å²) in [5.74, 6) is 2.79. The van der Waals surface area contributed by atoms with Gasteiger partial charge < -0.3 is 9.64 Å². The van der Waals surface area contributed by atoms with Crippen molar-refractivity contribution in [2.75, 3.05) is 25.1 Å². The molecule has 0 radical (unpaired) electrons. The zero-order valence-corrected chi connectivity index (χ0v) is 14.8. The molecule has 4 rings (SSSR count). The average molecular weight is 333 g/mol. The first-order valence-electron chi connectivity index (χ1n) is 8.92. The number of rotatable bonds is 3. The predicted molar refractivity (Wildman–Crippen MR) is 102 cm³/mol. The summed E-state index contributed by atoms with van der Waals surface area (Å²) in [6, 6.07) is 14.6. The first-order chi connectivity index (χ1) is 12.2. The molecule has 1 saturated heterocycles. The maximum absolute atomic E-state index is 5.25. The second-order valence-corrected chi connectivity index (χ2v) is 6.60. The minimum absolute atomic E-state index is 0.833. The van der Waals surface area contributed by atoms with Gasteiger partial charge in [0.25, 0.3) is 0 Å². The largest absolute Gasteiger partial charge is 0.497 e. The van der Waals surface area contributed by atoms with Gasteiger partial charge in [-0.25, -0.2) is 9.97 Å². The van der Waals surface area contributed by atoms with Crippen molar-refractivity contribution in [3.05, 3.63) is 48.3 Å². The highest BCUT2D eigenvalue weighted by Gasteiger charge is 2.16. The lowest BCUT2D eigenvalue weighted by Gasteiger charge is -2.28. The van der Waals surface area contributed by atoms with E-state index < -0.39 is 0 Å². The Hall–Kier alpha value is -2.62. The summed E-state index contributed by atoms with van der Waals surface area (Å²) < 4.78 is 5.25. The van der Waals surface area contributed by atoms with Crippen LogP contribution in [-0.4, -0.2) is 30.2 Å². The summed E-state index contributed by atoms with van der Waals surface area (Å²) in [4.78, 5) is 11.8. The van der Waals surface area contributed by atoms with Crippen molar-refractivity contribution < 1.29 is 4.74 Å². The van der Waals surface area contributed by atoms with Crippen LogP contribution in [-0.2, 0) is 0 Å². The van der Waals surface area contributed by atoms with E-state index in [2.05, 4.69) is 40.2 Å². The second kappa shape index (κ2) is 6.71. The summed E-state index contributed by atoms with van der Waals surface area (Å²) in [6.45, 7) is 4.16. The molecule has 2 aromatic carbocycles. The number of benzene rings is 2. The van der Waals surface area contributed by atoms with E-state index in [1.54, 1.807) is 7.11 Å². The van der Waals surface area contributed by atoms with Gasteiger partial charge in [-0.3, -0.25) is 0 Å². The molecule has 1 aromatic heterocycles. The highest BCUT2D eigenvalue weighted by molar-refractivity contribution is 5.92. The van der Waals surface area contributed by atoms with Crippen LogP contribution < -0.4 is 9.64 Å². The van der Waals surface area contributed by atoms with Gasteiger partial charge in [0.15, 0.2) is 0 Å². The lowest BCUT2D eigenvalue weighted by Crippen LogP contribution is -2.30. The molecule has 128 valence electrons. The molecule has 0 N–H and O–H groups in total. The molecule has 1 aliphatic rings. The number of aromatic nitrogens is 2. The van der Waals surface area contributed by atoms with Crippen LogP contribution in [0, 0.1) is 6.92 Å². The molecule has 0 spiro atoms. The third kappa shape index (κ3) is 3.16. The van der Waals surface area contributed by atoms with Gasteiger partial charge in [-0.2, -0.15) is 0 Å². The molecule has 0 unspecified atom stereocenters. The fourth-order valence-corrected chi connectivity index (χ4v) is 3.54. The normalized spacial score (nSPS) is 14.7. The third-order valence-electron chi connectivity index (χ3n) is 4.87. The number of anilines is 1. The van der Waals surface area contributed by atoms with Crippen LogP contribution in [0.5, 0.6) is 5.75 Å². The Morgan fingerprint density at radius 1 is 0.880 bits per heavy atom. The Morgan fingerprint density at radius 3 is 2.32 bits per heavy atom. The highest BCUT2D eigenvalue weighted by atomic mass is 16.5. The Kier molecular flexibility index (Phi) is 4.26. The summed E-state index contributed by atoms with van der Waals surface area (Å²) in [6.07, 6.45) is 3.81. The molecular weight excluding hydrogens is 310 g/mol. The number of methoxy groups -OCH3 is 1. The van der Waals surface area contributed by atoms with Crippen molar-refractivity contribution >= 4 is 16.7 Å². The van der Waals surface area contributed by atoms with E-state index in [1.807, 2.05) is 19.1 Å². The molecule has 0 aliphatic carbocycles. The number of piperidine rings is 1. The van der Waals surface area contributed by atoms with Crippen molar-refractivity contribution in [2.45, 2.75) is 26.2 Å². The van der Waals surface area contributed by atoms with Crippen LogP contribution in [0.1, 0.15) is 25.1 Å². The fourth-order valence-electron chi connectivity index (χ4n) is 3.54. The molecule has 4 nitrogen and oxygen atoms in total. The topological polar surface area (TPSA) is 38.2 Å². The highest BCUT2D eigenvalue weighted by Crippen LogP contribution is 2.30. The summed E-state index contributed by atoms with van der Waals surface area (Å²) >= 11 is 0. The molecule has 1 aliphatic heterocycles. The zero-order valence-electron chi connectivity index (χ0n) is 14.8. The third-order valence-corrected chi connectivity index (χ3v) is 4.87. The Labute approximate surface area is 148 Å².